The Hall–Kier alpha value is -3.30. The van der Waals surface area contributed by atoms with Crippen LogP contribution >= 0.6 is 0 Å². The molecule has 35 heavy (non-hydrogen) atoms. The van der Waals surface area contributed by atoms with Crippen LogP contribution in [0, 0.1) is 0 Å². The highest BCUT2D eigenvalue weighted by molar-refractivity contribution is 6.09. The molecule has 3 aliphatic heterocycles. The third-order valence-corrected chi connectivity index (χ3v) is 6.92. The molecule has 0 radical (unpaired) electrons. The number of carbonyl (C=O) groups excluding carboxylic acids is 2. The average molecular weight is 484 g/mol. The Morgan fingerprint density at radius 2 is 1.63 bits per heavy atom. The summed E-state index contributed by atoms with van der Waals surface area (Å²) in [5.74, 6) is -0.879. The minimum absolute atomic E-state index is 0.124. The lowest BCUT2D eigenvalue weighted by Gasteiger charge is -2.43. The fourth-order valence-corrected chi connectivity index (χ4v) is 5.51. The van der Waals surface area contributed by atoms with Gasteiger partial charge in [0.25, 0.3) is 11.7 Å². The van der Waals surface area contributed by atoms with E-state index >= 15 is 0 Å². The molecule has 5 rings (SSSR count). The first-order chi connectivity index (χ1) is 16.7. The minimum atomic E-state index is -1.51. The van der Waals surface area contributed by atoms with Gasteiger partial charge < -0.3 is 33.3 Å². The molecule has 0 aromatic heterocycles. The van der Waals surface area contributed by atoms with Crippen LogP contribution in [0.1, 0.15) is 54.6 Å². The minimum Gasteiger partial charge on any atom is -0.493 e. The maximum absolute atomic E-state index is 13.6. The van der Waals surface area contributed by atoms with E-state index in [1.165, 1.54) is 33.5 Å². The van der Waals surface area contributed by atoms with Gasteiger partial charge in [0.1, 0.15) is 5.75 Å². The van der Waals surface area contributed by atoms with Crippen molar-refractivity contribution in [3.05, 3.63) is 41.0 Å². The van der Waals surface area contributed by atoms with E-state index in [4.69, 9.17) is 28.4 Å². The number of esters is 1. The van der Waals surface area contributed by atoms with Crippen LogP contribution in [0.5, 0.6) is 23.0 Å². The molecule has 9 nitrogen and oxygen atoms in total. The van der Waals surface area contributed by atoms with Crippen molar-refractivity contribution >= 4 is 17.6 Å². The number of amides is 1. The molecule has 1 spiro atoms. The number of methoxy groups -OCH3 is 3. The van der Waals surface area contributed by atoms with Crippen LogP contribution in [0.3, 0.4) is 0 Å². The van der Waals surface area contributed by atoms with Crippen molar-refractivity contribution in [3.8, 4) is 23.0 Å². The highest BCUT2D eigenvalue weighted by Gasteiger charge is 2.61. The summed E-state index contributed by atoms with van der Waals surface area (Å²) < 4.78 is 33.7. The maximum atomic E-state index is 13.6. The van der Waals surface area contributed by atoms with E-state index < -0.39 is 17.3 Å². The van der Waals surface area contributed by atoms with Gasteiger partial charge in [0.2, 0.25) is 5.75 Å². The molecule has 3 aliphatic rings. The van der Waals surface area contributed by atoms with Crippen molar-refractivity contribution in [1.29, 1.82) is 0 Å². The van der Waals surface area contributed by atoms with E-state index in [0.29, 0.717) is 41.8 Å². The molecule has 0 unspecified atom stereocenters. The summed E-state index contributed by atoms with van der Waals surface area (Å²) in [4.78, 5) is 28.6. The van der Waals surface area contributed by atoms with E-state index in [-0.39, 0.29) is 17.4 Å². The Bertz CT molecular complexity index is 1190. The van der Waals surface area contributed by atoms with E-state index in [0.717, 1.165) is 17.7 Å². The summed E-state index contributed by atoms with van der Waals surface area (Å²) in [6.07, 6.45) is 0.742. The smallest absolute Gasteiger partial charge is 0.343 e. The Balaban J connectivity index is 1.58. The summed E-state index contributed by atoms with van der Waals surface area (Å²) in [6, 6.07) is 6.55. The molecular formula is C26H29NO8. The largest absolute Gasteiger partial charge is 0.493 e. The fourth-order valence-electron chi connectivity index (χ4n) is 5.51. The van der Waals surface area contributed by atoms with Gasteiger partial charge in [-0.3, -0.25) is 4.79 Å². The Morgan fingerprint density at radius 1 is 1.00 bits per heavy atom. The van der Waals surface area contributed by atoms with Crippen LogP contribution in [0.15, 0.2) is 24.3 Å². The van der Waals surface area contributed by atoms with Gasteiger partial charge >= 0.3 is 5.97 Å². The molecule has 1 atom stereocenters. The molecule has 2 aromatic carbocycles. The van der Waals surface area contributed by atoms with Crippen LogP contribution in [0.2, 0.25) is 0 Å². The van der Waals surface area contributed by atoms with Gasteiger partial charge in [-0.1, -0.05) is 6.92 Å². The number of hydrogen-bond donors (Lipinski definition) is 0. The van der Waals surface area contributed by atoms with Crippen molar-refractivity contribution in [1.82, 2.24) is 0 Å². The quantitative estimate of drug-likeness (QED) is 0.469. The Morgan fingerprint density at radius 3 is 2.20 bits per heavy atom. The van der Waals surface area contributed by atoms with E-state index in [1.54, 1.807) is 11.0 Å². The molecular weight excluding hydrogens is 454 g/mol. The molecule has 0 N–H and O–H groups in total. The lowest BCUT2D eigenvalue weighted by molar-refractivity contribution is -0.181. The monoisotopic (exact) mass is 483 g/mol. The number of ether oxygens (including phenoxy) is 6. The normalized spacial score (nSPS) is 21.1. The summed E-state index contributed by atoms with van der Waals surface area (Å²) in [6.45, 7) is 6.80. The van der Waals surface area contributed by atoms with Crippen LogP contribution in [0.25, 0.3) is 0 Å². The third kappa shape index (κ3) is 3.36. The Labute approximate surface area is 203 Å². The standard InChI is InChI=1S/C26H29NO8/c1-14-13-25(2,3)27-21-17(14)11-16(12-18(21)26(24(27)29)33-7-8-34-26)35-23(28)15-9-19(30-4)22(32-6)20(10-15)31-5/h9-12,14H,7-8,13H2,1-6H3/t14-/m0/s1. The second-order valence-electron chi connectivity index (χ2n) is 9.58. The number of hydrogen-bond acceptors (Lipinski definition) is 8. The summed E-state index contributed by atoms with van der Waals surface area (Å²) in [7, 11) is 4.44. The summed E-state index contributed by atoms with van der Waals surface area (Å²) >= 11 is 0. The molecule has 2 aromatic rings. The van der Waals surface area contributed by atoms with Crippen LogP contribution in [-0.2, 0) is 20.1 Å². The van der Waals surface area contributed by atoms with Crippen LogP contribution < -0.4 is 23.8 Å². The molecule has 186 valence electrons. The van der Waals surface area contributed by atoms with Crippen LogP contribution in [0.4, 0.5) is 5.69 Å². The summed E-state index contributed by atoms with van der Waals surface area (Å²) in [5, 5.41) is 0. The number of benzene rings is 2. The van der Waals surface area contributed by atoms with Gasteiger partial charge in [-0.2, -0.15) is 0 Å². The van der Waals surface area contributed by atoms with Crippen molar-refractivity contribution < 1.29 is 38.0 Å². The predicted octanol–water partition coefficient (Wildman–Crippen LogP) is 3.76. The first-order valence-electron chi connectivity index (χ1n) is 11.5. The maximum Gasteiger partial charge on any atom is 0.343 e. The SMILES string of the molecule is COc1cc(C(=O)Oc2cc3c4c(c2)C2(OCCO2)C(=O)N4C(C)(C)C[C@@H]3C)cc(OC)c1OC. The second-order valence-corrected chi connectivity index (χ2v) is 9.58. The van der Waals surface area contributed by atoms with Crippen molar-refractivity contribution in [2.75, 3.05) is 39.4 Å². The van der Waals surface area contributed by atoms with Gasteiger partial charge in [0.15, 0.2) is 11.5 Å². The number of fused-ring (bicyclic) bond motifs is 1. The van der Waals surface area contributed by atoms with Crippen molar-refractivity contribution in [2.24, 2.45) is 0 Å². The molecule has 1 saturated heterocycles. The van der Waals surface area contributed by atoms with Gasteiger partial charge in [0.05, 0.1) is 45.8 Å². The molecule has 9 heteroatoms. The first kappa shape index (κ1) is 23.4. The molecule has 0 aliphatic carbocycles. The molecule has 1 amide bonds. The second kappa shape index (κ2) is 8.13. The number of rotatable bonds is 5. The van der Waals surface area contributed by atoms with Gasteiger partial charge in [0, 0.05) is 11.1 Å². The molecule has 1 fully saturated rings. The van der Waals surface area contributed by atoms with Crippen LogP contribution in [-0.4, -0.2) is 52.0 Å². The van der Waals surface area contributed by atoms with Crippen molar-refractivity contribution in [3.63, 3.8) is 0 Å². The Kier molecular flexibility index (Phi) is 5.45. The number of nitrogens with zero attached hydrogens (tertiary/aromatic N) is 1. The number of carbonyl (C=O) groups is 2. The average Bonchev–Trinajstić information content (AvgIpc) is 3.41. The fraction of sp³-hybridized carbons (Fsp3) is 0.462. The lowest BCUT2D eigenvalue weighted by atomic mass is 9.80. The van der Waals surface area contributed by atoms with Gasteiger partial charge in [-0.15, -0.1) is 0 Å². The highest BCUT2D eigenvalue weighted by atomic mass is 16.7. The zero-order chi connectivity index (χ0) is 25.1. The predicted molar refractivity (Wildman–Crippen MR) is 126 cm³/mol. The first-order valence-corrected chi connectivity index (χ1v) is 11.5. The summed E-state index contributed by atoms with van der Waals surface area (Å²) in [5.41, 5.74) is 2.09. The zero-order valence-corrected chi connectivity index (χ0v) is 20.7. The van der Waals surface area contributed by atoms with E-state index in [2.05, 4.69) is 6.92 Å². The molecule has 0 saturated carbocycles. The van der Waals surface area contributed by atoms with E-state index in [1.807, 2.05) is 19.9 Å². The highest BCUT2D eigenvalue weighted by Crippen LogP contribution is 2.56. The van der Waals surface area contributed by atoms with Crippen molar-refractivity contribution in [2.45, 2.75) is 44.4 Å². The zero-order valence-electron chi connectivity index (χ0n) is 20.7. The topological polar surface area (TPSA) is 92.8 Å². The van der Waals surface area contributed by atoms with Gasteiger partial charge in [-0.05, 0) is 56.0 Å². The molecule has 0 bridgehead atoms. The third-order valence-electron chi connectivity index (χ3n) is 6.92. The molecule has 3 heterocycles. The lowest BCUT2D eigenvalue weighted by Crippen LogP contribution is -2.53. The van der Waals surface area contributed by atoms with Gasteiger partial charge in [-0.25, -0.2) is 4.79 Å². The number of anilines is 1. The van der Waals surface area contributed by atoms with E-state index in [9.17, 15) is 9.59 Å².